The second-order valence-corrected chi connectivity index (χ2v) is 6.40. The molecule has 2 rings (SSSR count). The molecule has 21 heavy (non-hydrogen) atoms. The van der Waals surface area contributed by atoms with Gasteiger partial charge in [0, 0.05) is 5.41 Å². The largest absolute Gasteiger partial charge is 0.416 e. The van der Waals surface area contributed by atoms with Crippen molar-refractivity contribution in [2.75, 3.05) is 0 Å². The van der Waals surface area contributed by atoms with Crippen LogP contribution < -0.4 is 0 Å². The molecule has 0 saturated heterocycles. The Bertz CT molecular complexity index is 474. The van der Waals surface area contributed by atoms with E-state index in [0.717, 1.165) is 31.2 Å². The van der Waals surface area contributed by atoms with Gasteiger partial charge in [0.1, 0.15) is 0 Å². The third kappa shape index (κ3) is 3.90. The SMILES string of the molecule is CC(C)/C=C/C1(c2ccc(C(F)(F)F)cc2)CCCCC1. The number of halogens is 3. The van der Waals surface area contributed by atoms with Gasteiger partial charge in [-0.05, 0) is 36.5 Å². The zero-order valence-electron chi connectivity index (χ0n) is 12.7. The highest BCUT2D eigenvalue weighted by Crippen LogP contribution is 2.42. The van der Waals surface area contributed by atoms with Gasteiger partial charge in [-0.15, -0.1) is 0 Å². The molecule has 0 bridgehead atoms. The average Bonchev–Trinajstić information content (AvgIpc) is 2.45. The van der Waals surface area contributed by atoms with Gasteiger partial charge in [0.25, 0.3) is 0 Å². The third-order valence-electron chi connectivity index (χ3n) is 4.33. The van der Waals surface area contributed by atoms with Crippen molar-refractivity contribution >= 4 is 0 Å². The maximum absolute atomic E-state index is 12.7. The van der Waals surface area contributed by atoms with Gasteiger partial charge < -0.3 is 0 Å². The molecule has 0 spiro atoms. The predicted octanol–water partition coefficient (Wildman–Crippen LogP) is 6.12. The topological polar surface area (TPSA) is 0 Å². The van der Waals surface area contributed by atoms with Gasteiger partial charge in [-0.25, -0.2) is 0 Å². The van der Waals surface area contributed by atoms with Crippen LogP contribution in [0.4, 0.5) is 13.2 Å². The molecule has 1 aromatic rings. The summed E-state index contributed by atoms with van der Waals surface area (Å²) in [6, 6.07) is 5.77. The Morgan fingerprint density at radius 3 is 2.05 bits per heavy atom. The minimum atomic E-state index is -4.26. The first-order valence-corrected chi connectivity index (χ1v) is 7.71. The van der Waals surface area contributed by atoms with E-state index in [9.17, 15) is 13.2 Å². The lowest BCUT2D eigenvalue weighted by atomic mass is 9.69. The van der Waals surface area contributed by atoms with Crippen LogP contribution in [0.25, 0.3) is 0 Å². The Kier molecular flexibility index (Phi) is 4.80. The van der Waals surface area contributed by atoms with Crippen molar-refractivity contribution < 1.29 is 13.2 Å². The summed E-state index contributed by atoms with van der Waals surface area (Å²) >= 11 is 0. The molecule has 0 unspecified atom stereocenters. The Hall–Kier alpha value is -1.25. The zero-order valence-corrected chi connectivity index (χ0v) is 12.7. The summed E-state index contributed by atoms with van der Waals surface area (Å²) in [5.74, 6) is 0.457. The van der Waals surface area contributed by atoms with Gasteiger partial charge in [0.05, 0.1) is 5.56 Å². The monoisotopic (exact) mass is 296 g/mol. The van der Waals surface area contributed by atoms with Gasteiger partial charge in [0.2, 0.25) is 0 Å². The van der Waals surface area contributed by atoms with Crippen LogP contribution in [0.5, 0.6) is 0 Å². The molecule has 0 radical (unpaired) electrons. The van der Waals surface area contributed by atoms with Crippen molar-refractivity contribution in [1.29, 1.82) is 0 Å². The maximum Gasteiger partial charge on any atom is 0.416 e. The summed E-state index contributed by atoms with van der Waals surface area (Å²) in [6.07, 6.45) is 5.72. The molecule has 0 nitrogen and oxygen atoms in total. The Morgan fingerprint density at radius 2 is 1.57 bits per heavy atom. The van der Waals surface area contributed by atoms with E-state index in [1.54, 1.807) is 12.1 Å². The molecule has 1 aliphatic rings. The first kappa shape index (κ1) is 16.1. The fraction of sp³-hybridized carbons (Fsp3) is 0.556. The van der Waals surface area contributed by atoms with Crippen LogP contribution in [-0.2, 0) is 11.6 Å². The Morgan fingerprint density at radius 1 is 1.00 bits per heavy atom. The van der Waals surface area contributed by atoms with Gasteiger partial charge in [0.15, 0.2) is 0 Å². The smallest absolute Gasteiger partial charge is 0.166 e. The van der Waals surface area contributed by atoms with E-state index in [0.29, 0.717) is 5.92 Å². The molecule has 0 heterocycles. The quantitative estimate of drug-likeness (QED) is 0.589. The first-order valence-electron chi connectivity index (χ1n) is 7.71. The lowest BCUT2D eigenvalue weighted by Gasteiger charge is -2.35. The summed E-state index contributed by atoms with van der Waals surface area (Å²) < 4.78 is 38.1. The molecule has 116 valence electrons. The summed E-state index contributed by atoms with van der Waals surface area (Å²) in [4.78, 5) is 0. The molecule has 1 fully saturated rings. The van der Waals surface area contributed by atoms with Crippen molar-refractivity contribution in [3.63, 3.8) is 0 Å². The minimum absolute atomic E-state index is 0.0767. The second kappa shape index (κ2) is 6.25. The molecule has 0 atom stereocenters. The van der Waals surface area contributed by atoms with Crippen LogP contribution in [0.15, 0.2) is 36.4 Å². The van der Waals surface area contributed by atoms with Gasteiger partial charge >= 0.3 is 6.18 Å². The van der Waals surface area contributed by atoms with Crippen LogP contribution >= 0.6 is 0 Å². The molecular weight excluding hydrogens is 273 g/mol. The molecule has 1 aliphatic carbocycles. The summed E-state index contributed by atoms with van der Waals surface area (Å²) in [5.41, 5.74) is 0.379. The number of benzene rings is 1. The first-order chi connectivity index (χ1) is 9.83. The number of allylic oxidation sites excluding steroid dienone is 2. The van der Waals surface area contributed by atoms with Gasteiger partial charge in [-0.3, -0.25) is 0 Å². The number of alkyl halides is 3. The van der Waals surface area contributed by atoms with Crippen LogP contribution in [0.3, 0.4) is 0 Å². The van der Waals surface area contributed by atoms with E-state index >= 15 is 0 Å². The fourth-order valence-electron chi connectivity index (χ4n) is 3.10. The van der Waals surface area contributed by atoms with Gasteiger partial charge in [-0.1, -0.05) is 57.4 Å². The molecule has 0 amide bonds. The molecule has 0 N–H and O–H groups in total. The average molecular weight is 296 g/mol. The summed E-state index contributed by atoms with van der Waals surface area (Å²) in [6.45, 7) is 4.25. The standard InChI is InChI=1S/C18H23F3/c1-14(2)10-13-17(11-4-3-5-12-17)15-6-8-16(9-7-15)18(19,20)21/h6-10,13-14H,3-5,11-12H2,1-2H3/b13-10+. The van der Waals surface area contributed by atoms with E-state index in [2.05, 4.69) is 26.0 Å². The van der Waals surface area contributed by atoms with Crippen LogP contribution in [0.2, 0.25) is 0 Å². The van der Waals surface area contributed by atoms with E-state index in [1.807, 2.05) is 0 Å². The fourth-order valence-corrected chi connectivity index (χ4v) is 3.10. The number of hydrogen-bond donors (Lipinski definition) is 0. The molecular formula is C18H23F3. The lowest BCUT2D eigenvalue weighted by Crippen LogP contribution is -2.27. The zero-order chi connectivity index (χ0) is 15.5. The van der Waals surface area contributed by atoms with Crippen LogP contribution in [0.1, 0.15) is 57.1 Å². The summed E-state index contributed by atoms with van der Waals surface area (Å²) in [5, 5.41) is 0. The molecule has 0 aliphatic heterocycles. The molecule has 3 heteroatoms. The highest BCUT2D eigenvalue weighted by Gasteiger charge is 2.34. The van der Waals surface area contributed by atoms with Crippen molar-refractivity contribution in [3.05, 3.63) is 47.5 Å². The van der Waals surface area contributed by atoms with E-state index in [-0.39, 0.29) is 5.41 Å². The second-order valence-electron chi connectivity index (χ2n) is 6.40. The molecule has 1 saturated carbocycles. The number of hydrogen-bond acceptors (Lipinski definition) is 0. The van der Waals surface area contributed by atoms with E-state index < -0.39 is 11.7 Å². The van der Waals surface area contributed by atoms with Crippen molar-refractivity contribution in [3.8, 4) is 0 Å². The maximum atomic E-state index is 12.7. The van der Waals surface area contributed by atoms with Crippen molar-refractivity contribution in [1.82, 2.24) is 0 Å². The normalized spacial score (nSPS) is 19.3. The van der Waals surface area contributed by atoms with Crippen molar-refractivity contribution in [2.24, 2.45) is 5.92 Å². The Balaban J connectivity index is 2.33. The summed E-state index contributed by atoms with van der Waals surface area (Å²) in [7, 11) is 0. The van der Waals surface area contributed by atoms with Crippen LogP contribution in [0, 0.1) is 5.92 Å². The van der Waals surface area contributed by atoms with E-state index in [4.69, 9.17) is 0 Å². The highest BCUT2D eigenvalue weighted by molar-refractivity contribution is 5.35. The lowest BCUT2D eigenvalue weighted by molar-refractivity contribution is -0.137. The number of rotatable bonds is 3. The van der Waals surface area contributed by atoms with Gasteiger partial charge in [-0.2, -0.15) is 13.2 Å². The Labute approximate surface area is 125 Å². The molecule has 0 aromatic heterocycles. The predicted molar refractivity (Wildman–Crippen MR) is 80.2 cm³/mol. The molecule has 1 aromatic carbocycles. The van der Waals surface area contributed by atoms with Crippen LogP contribution in [-0.4, -0.2) is 0 Å². The van der Waals surface area contributed by atoms with E-state index in [1.165, 1.54) is 18.6 Å². The third-order valence-corrected chi connectivity index (χ3v) is 4.33. The highest BCUT2D eigenvalue weighted by atomic mass is 19.4. The van der Waals surface area contributed by atoms with Crippen molar-refractivity contribution in [2.45, 2.75) is 57.5 Å². The minimum Gasteiger partial charge on any atom is -0.166 e.